The minimum Gasteiger partial charge on any atom is -0.494 e. The van der Waals surface area contributed by atoms with E-state index in [4.69, 9.17) is 14.2 Å². The van der Waals surface area contributed by atoms with Gasteiger partial charge < -0.3 is 19.5 Å². The molecule has 1 N–H and O–H groups in total. The topological polar surface area (TPSA) is 39.7 Å². The summed E-state index contributed by atoms with van der Waals surface area (Å²) in [5.74, 6) is 1.79. The van der Waals surface area contributed by atoms with Crippen LogP contribution < -0.4 is 14.8 Å². The predicted molar refractivity (Wildman–Crippen MR) is 112 cm³/mol. The molecular formula is C23H33NO3. The average molecular weight is 372 g/mol. The van der Waals surface area contributed by atoms with Gasteiger partial charge in [0.05, 0.1) is 18.9 Å². The van der Waals surface area contributed by atoms with Gasteiger partial charge in [-0.15, -0.1) is 0 Å². The van der Waals surface area contributed by atoms with Crippen LogP contribution in [0.3, 0.4) is 0 Å². The lowest BCUT2D eigenvalue weighted by molar-refractivity contribution is 0.110. The first-order valence-corrected chi connectivity index (χ1v) is 10.1. The highest BCUT2D eigenvalue weighted by Crippen LogP contribution is 2.24. The second-order valence-corrected chi connectivity index (χ2v) is 6.45. The molecule has 2 aromatic carbocycles. The van der Waals surface area contributed by atoms with Crippen LogP contribution in [-0.4, -0.2) is 26.4 Å². The molecule has 0 radical (unpaired) electrons. The number of benzene rings is 2. The Morgan fingerprint density at radius 2 is 1.59 bits per heavy atom. The van der Waals surface area contributed by atoms with E-state index in [2.05, 4.69) is 24.4 Å². The number of hydrogen-bond acceptors (Lipinski definition) is 4. The monoisotopic (exact) mass is 371 g/mol. The molecule has 0 spiro atoms. The van der Waals surface area contributed by atoms with Gasteiger partial charge in [-0.2, -0.15) is 0 Å². The van der Waals surface area contributed by atoms with E-state index < -0.39 is 0 Å². The minimum absolute atomic E-state index is 0.552. The molecule has 4 heteroatoms. The zero-order valence-electron chi connectivity index (χ0n) is 16.7. The van der Waals surface area contributed by atoms with Crippen molar-refractivity contribution in [1.82, 2.24) is 0 Å². The third-order valence-corrected chi connectivity index (χ3v) is 4.25. The summed E-state index contributed by atoms with van der Waals surface area (Å²) in [5.41, 5.74) is 2.20. The van der Waals surface area contributed by atoms with Crippen molar-refractivity contribution in [3.8, 4) is 11.5 Å². The van der Waals surface area contributed by atoms with E-state index in [0.717, 1.165) is 36.8 Å². The largest absolute Gasteiger partial charge is 0.494 e. The van der Waals surface area contributed by atoms with E-state index in [1.807, 2.05) is 43.3 Å². The summed E-state index contributed by atoms with van der Waals surface area (Å²) in [5, 5.41) is 3.45. The van der Waals surface area contributed by atoms with Gasteiger partial charge in [-0.25, -0.2) is 0 Å². The third-order valence-electron chi connectivity index (χ3n) is 4.25. The molecule has 4 nitrogen and oxygen atoms in total. The molecular weight excluding hydrogens is 338 g/mol. The number of unbranched alkanes of at least 4 members (excludes halogenated alkanes) is 3. The van der Waals surface area contributed by atoms with Gasteiger partial charge in [-0.1, -0.05) is 50.5 Å². The quantitative estimate of drug-likeness (QED) is 0.434. The molecule has 0 saturated carbocycles. The van der Waals surface area contributed by atoms with Gasteiger partial charge in [0, 0.05) is 13.2 Å². The number of ether oxygens (including phenoxy) is 3. The van der Waals surface area contributed by atoms with Crippen LogP contribution in [0.15, 0.2) is 48.5 Å². The Hall–Kier alpha value is -2.20. The number of nitrogens with one attached hydrogen (secondary N) is 1. The molecule has 0 aliphatic heterocycles. The third kappa shape index (κ3) is 8.35. The molecule has 2 rings (SSSR count). The first kappa shape index (κ1) is 21.1. The van der Waals surface area contributed by atoms with Crippen LogP contribution in [-0.2, 0) is 11.3 Å². The fourth-order valence-corrected chi connectivity index (χ4v) is 2.71. The molecule has 0 bridgehead atoms. The van der Waals surface area contributed by atoms with E-state index in [-0.39, 0.29) is 0 Å². The minimum atomic E-state index is 0.552. The second-order valence-electron chi connectivity index (χ2n) is 6.45. The molecule has 0 aliphatic carbocycles. The molecule has 0 saturated heterocycles. The van der Waals surface area contributed by atoms with Gasteiger partial charge >= 0.3 is 0 Å². The highest BCUT2D eigenvalue weighted by molar-refractivity contribution is 5.56. The highest BCUT2D eigenvalue weighted by Gasteiger charge is 2.03. The van der Waals surface area contributed by atoms with Crippen LogP contribution in [0.5, 0.6) is 11.5 Å². The van der Waals surface area contributed by atoms with Gasteiger partial charge in [0.25, 0.3) is 0 Å². The van der Waals surface area contributed by atoms with Gasteiger partial charge in [0.1, 0.15) is 18.1 Å². The van der Waals surface area contributed by atoms with Crippen molar-refractivity contribution >= 4 is 5.69 Å². The second kappa shape index (κ2) is 13.0. The van der Waals surface area contributed by atoms with Gasteiger partial charge in [-0.3, -0.25) is 0 Å². The van der Waals surface area contributed by atoms with Gasteiger partial charge in [0.15, 0.2) is 0 Å². The molecule has 0 fully saturated rings. The lowest BCUT2D eigenvalue weighted by Crippen LogP contribution is -2.08. The smallest absolute Gasteiger partial charge is 0.142 e. The number of para-hydroxylation sites is 2. The molecule has 0 aromatic heterocycles. The Labute approximate surface area is 163 Å². The summed E-state index contributed by atoms with van der Waals surface area (Å²) in [6.45, 7) is 7.60. The Morgan fingerprint density at radius 3 is 2.37 bits per heavy atom. The zero-order chi connectivity index (χ0) is 19.2. The fraction of sp³-hybridized carbons (Fsp3) is 0.478. The van der Waals surface area contributed by atoms with E-state index in [0.29, 0.717) is 19.8 Å². The first-order valence-electron chi connectivity index (χ1n) is 10.1. The van der Waals surface area contributed by atoms with E-state index in [1.54, 1.807) is 0 Å². The normalized spacial score (nSPS) is 10.6. The van der Waals surface area contributed by atoms with Crippen molar-refractivity contribution < 1.29 is 14.2 Å². The summed E-state index contributed by atoms with van der Waals surface area (Å²) in [7, 11) is 0. The molecule has 27 heavy (non-hydrogen) atoms. The van der Waals surface area contributed by atoms with Crippen molar-refractivity contribution in [2.75, 3.05) is 31.7 Å². The van der Waals surface area contributed by atoms with Crippen molar-refractivity contribution in [3.63, 3.8) is 0 Å². The van der Waals surface area contributed by atoms with Crippen LogP contribution in [0.1, 0.15) is 45.1 Å². The van der Waals surface area contributed by atoms with Crippen molar-refractivity contribution in [3.05, 3.63) is 54.1 Å². The maximum Gasteiger partial charge on any atom is 0.142 e. The Bertz CT molecular complexity index is 628. The van der Waals surface area contributed by atoms with Crippen molar-refractivity contribution in [2.45, 2.75) is 46.1 Å². The Balaban J connectivity index is 1.77. The number of hydrogen-bond donors (Lipinski definition) is 1. The SMILES string of the molecule is CCCCCCOc1ccc(CNc2ccccc2OCCOCC)cc1. The maximum atomic E-state index is 5.81. The molecule has 0 amide bonds. The lowest BCUT2D eigenvalue weighted by atomic mass is 10.2. The zero-order valence-corrected chi connectivity index (χ0v) is 16.7. The van der Waals surface area contributed by atoms with E-state index >= 15 is 0 Å². The van der Waals surface area contributed by atoms with Crippen LogP contribution in [0.25, 0.3) is 0 Å². The fourth-order valence-electron chi connectivity index (χ4n) is 2.71. The van der Waals surface area contributed by atoms with Crippen LogP contribution in [0.4, 0.5) is 5.69 Å². The van der Waals surface area contributed by atoms with E-state index in [9.17, 15) is 0 Å². The lowest BCUT2D eigenvalue weighted by Gasteiger charge is -2.13. The molecule has 0 unspecified atom stereocenters. The standard InChI is InChI=1S/C23H33NO3/c1-3-5-6-9-16-26-21-14-12-20(13-15-21)19-24-22-10-7-8-11-23(22)27-18-17-25-4-2/h7-8,10-15,24H,3-6,9,16-19H2,1-2H3. The molecule has 0 atom stereocenters. The van der Waals surface area contributed by atoms with Gasteiger partial charge in [-0.05, 0) is 43.2 Å². The Kier molecular flexibility index (Phi) is 10.2. The molecule has 0 aliphatic rings. The summed E-state index contributed by atoms with van der Waals surface area (Å²) < 4.78 is 16.9. The molecule has 2 aromatic rings. The molecule has 148 valence electrons. The maximum absolute atomic E-state index is 5.81. The van der Waals surface area contributed by atoms with Gasteiger partial charge in [0.2, 0.25) is 0 Å². The molecule has 0 heterocycles. The summed E-state index contributed by atoms with van der Waals surface area (Å²) in [6.07, 6.45) is 4.90. The number of rotatable bonds is 14. The number of anilines is 1. The van der Waals surface area contributed by atoms with Crippen LogP contribution in [0.2, 0.25) is 0 Å². The van der Waals surface area contributed by atoms with Crippen LogP contribution in [0, 0.1) is 0 Å². The predicted octanol–water partition coefficient (Wildman–Crippen LogP) is 5.67. The highest BCUT2D eigenvalue weighted by atomic mass is 16.5. The first-order chi connectivity index (χ1) is 13.3. The van der Waals surface area contributed by atoms with E-state index in [1.165, 1.54) is 24.8 Å². The summed E-state index contributed by atoms with van der Waals surface area (Å²) in [4.78, 5) is 0. The van der Waals surface area contributed by atoms with Crippen LogP contribution >= 0.6 is 0 Å². The van der Waals surface area contributed by atoms with Crippen molar-refractivity contribution in [2.24, 2.45) is 0 Å². The average Bonchev–Trinajstić information content (AvgIpc) is 2.71. The summed E-state index contributed by atoms with van der Waals surface area (Å²) in [6, 6.07) is 16.3. The Morgan fingerprint density at radius 1 is 0.778 bits per heavy atom. The summed E-state index contributed by atoms with van der Waals surface area (Å²) >= 11 is 0. The van der Waals surface area contributed by atoms with Crippen molar-refractivity contribution in [1.29, 1.82) is 0 Å².